The summed E-state index contributed by atoms with van der Waals surface area (Å²) in [6, 6.07) is 8.28. The van der Waals surface area contributed by atoms with E-state index in [1.54, 1.807) is 0 Å². The van der Waals surface area contributed by atoms with Gasteiger partial charge in [-0.3, -0.25) is 0 Å². The first-order valence-corrected chi connectivity index (χ1v) is 3.98. The van der Waals surface area contributed by atoms with Gasteiger partial charge in [-0.15, -0.1) is 0 Å². The third-order valence-electron chi connectivity index (χ3n) is 1.61. The van der Waals surface area contributed by atoms with Crippen LogP contribution in [-0.4, -0.2) is 0 Å². The Hall–Kier alpha value is -0.980. The van der Waals surface area contributed by atoms with Gasteiger partial charge >= 0.3 is 0 Å². The summed E-state index contributed by atoms with van der Waals surface area (Å²) in [4.78, 5) is 0. The highest BCUT2D eigenvalue weighted by Crippen LogP contribution is 2.13. The Morgan fingerprint density at radius 3 is 2.73 bits per heavy atom. The summed E-state index contributed by atoms with van der Waals surface area (Å²) in [7, 11) is 0. The second-order valence-corrected chi connectivity index (χ2v) is 2.57. The van der Waals surface area contributed by atoms with Gasteiger partial charge in [0.05, 0.1) is 0 Å². The Morgan fingerprint density at radius 1 is 1.36 bits per heavy atom. The van der Waals surface area contributed by atoms with Crippen LogP contribution in [0.1, 0.15) is 18.9 Å². The van der Waals surface area contributed by atoms with Crippen LogP contribution in [0.5, 0.6) is 0 Å². The van der Waals surface area contributed by atoms with E-state index in [9.17, 15) is 0 Å². The number of aryl methyl sites for hydroxylation is 1. The van der Waals surface area contributed by atoms with E-state index in [4.69, 9.17) is 0 Å². The molecule has 1 aromatic carbocycles. The van der Waals surface area contributed by atoms with E-state index in [1.807, 2.05) is 12.1 Å². The van der Waals surface area contributed by atoms with Crippen molar-refractivity contribution in [2.75, 3.05) is 5.32 Å². The van der Waals surface area contributed by atoms with Crippen LogP contribution in [-0.2, 0) is 0 Å². The maximum absolute atomic E-state index is 3.24. The minimum atomic E-state index is 1.05. The van der Waals surface area contributed by atoms with Crippen LogP contribution in [0.25, 0.3) is 0 Å². The SMILES string of the molecule is CC[CH]Nc1ccccc1C. The molecule has 1 aromatic rings. The average Bonchev–Trinajstić information content (AvgIpc) is 2.03. The second kappa shape index (κ2) is 4.02. The molecule has 0 aliphatic heterocycles. The largest absolute Gasteiger partial charge is 0.380 e. The van der Waals surface area contributed by atoms with E-state index in [1.165, 1.54) is 11.3 Å². The molecular formula is C10H14N. The lowest BCUT2D eigenvalue weighted by atomic mass is 10.2. The number of anilines is 1. The van der Waals surface area contributed by atoms with Gasteiger partial charge in [0.1, 0.15) is 0 Å². The van der Waals surface area contributed by atoms with E-state index in [-0.39, 0.29) is 0 Å². The summed E-state index contributed by atoms with van der Waals surface area (Å²) in [5.41, 5.74) is 2.49. The molecule has 0 spiro atoms. The molecule has 1 heteroatoms. The molecule has 0 aromatic heterocycles. The molecule has 11 heavy (non-hydrogen) atoms. The van der Waals surface area contributed by atoms with Crippen LogP contribution in [0.3, 0.4) is 0 Å². The van der Waals surface area contributed by atoms with Crippen molar-refractivity contribution in [2.24, 2.45) is 0 Å². The zero-order valence-corrected chi connectivity index (χ0v) is 7.09. The molecule has 0 saturated carbocycles. The van der Waals surface area contributed by atoms with E-state index in [0.717, 1.165) is 6.42 Å². The van der Waals surface area contributed by atoms with Crippen molar-refractivity contribution in [2.45, 2.75) is 20.3 Å². The molecule has 0 heterocycles. The molecule has 59 valence electrons. The Bertz CT molecular complexity index is 218. The van der Waals surface area contributed by atoms with Crippen molar-refractivity contribution < 1.29 is 0 Å². The number of benzene rings is 1. The summed E-state index contributed by atoms with van der Waals surface area (Å²) < 4.78 is 0. The smallest absolute Gasteiger partial charge is 0.0460 e. The van der Waals surface area contributed by atoms with Gasteiger partial charge in [0.15, 0.2) is 0 Å². The number of hydrogen-bond acceptors (Lipinski definition) is 1. The number of rotatable bonds is 3. The van der Waals surface area contributed by atoms with Gasteiger partial charge in [-0.2, -0.15) is 0 Å². The summed E-state index contributed by atoms with van der Waals surface area (Å²) in [6.45, 7) is 6.28. The van der Waals surface area contributed by atoms with Crippen LogP contribution in [0.15, 0.2) is 24.3 Å². The monoisotopic (exact) mass is 148 g/mol. The Kier molecular flexibility index (Phi) is 2.96. The third kappa shape index (κ3) is 2.26. The topological polar surface area (TPSA) is 12.0 Å². The van der Waals surface area contributed by atoms with Crippen molar-refractivity contribution in [3.8, 4) is 0 Å². The first kappa shape index (κ1) is 8.12. The van der Waals surface area contributed by atoms with Gasteiger partial charge in [0.25, 0.3) is 0 Å². The fraction of sp³-hybridized carbons (Fsp3) is 0.300. The van der Waals surface area contributed by atoms with Gasteiger partial charge in [0, 0.05) is 12.2 Å². The first-order chi connectivity index (χ1) is 5.34. The molecule has 1 N–H and O–H groups in total. The van der Waals surface area contributed by atoms with Gasteiger partial charge in [-0.05, 0) is 25.0 Å². The lowest BCUT2D eigenvalue weighted by molar-refractivity contribution is 1.10. The van der Waals surface area contributed by atoms with Gasteiger partial charge in [-0.1, -0.05) is 25.1 Å². The van der Waals surface area contributed by atoms with Crippen molar-refractivity contribution >= 4 is 5.69 Å². The molecule has 0 atom stereocenters. The summed E-state index contributed by atoms with van der Waals surface area (Å²) in [5, 5.41) is 3.24. The molecule has 0 saturated heterocycles. The Labute approximate surface area is 68.4 Å². The second-order valence-electron chi connectivity index (χ2n) is 2.57. The summed E-state index contributed by atoms with van der Waals surface area (Å²) in [6.07, 6.45) is 1.05. The highest BCUT2D eigenvalue weighted by atomic mass is 14.9. The van der Waals surface area contributed by atoms with Crippen molar-refractivity contribution in [1.29, 1.82) is 0 Å². The van der Waals surface area contributed by atoms with Crippen LogP contribution >= 0.6 is 0 Å². The van der Waals surface area contributed by atoms with E-state index < -0.39 is 0 Å². The van der Waals surface area contributed by atoms with Crippen LogP contribution in [0.4, 0.5) is 5.69 Å². The quantitative estimate of drug-likeness (QED) is 0.694. The Balaban J connectivity index is 2.62. The van der Waals surface area contributed by atoms with E-state index in [0.29, 0.717) is 0 Å². The molecule has 0 amide bonds. The lowest BCUT2D eigenvalue weighted by Gasteiger charge is -2.06. The molecule has 1 rings (SSSR count). The van der Waals surface area contributed by atoms with Gasteiger partial charge in [0.2, 0.25) is 0 Å². The molecule has 0 aliphatic rings. The normalized spacial score (nSPS) is 9.64. The highest BCUT2D eigenvalue weighted by molar-refractivity contribution is 5.51. The number of hydrogen-bond donors (Lipinski definition) is 1. The predicted molar refractivity (Wildman–Crippen MR) is 49.4 cm³/mol. The van der Waals surface area contributed by atoms with Crippen LogP contribution in [0.2, 0.25) is 0 Å². The standard InChI is InChI=1S/C10H14N/c1-3-8-11-10-7-5-4-6-9(10)2/h4-8,11H,3H2,1-2H3. The van der Waals surface area contributed by atoms with Crippen molar-refractivity contribution in [3.05, 3.63) is 36.4 Å². The molecule has 1 radical (unpaired) electrons. The highest BCUT2D eigenvalue weighted by Gasteiger charge is 1.92. The molecular weight excluding hydrogens is 134 g/mol. The predicted octanol–water partition coefficient (Wildman–Crippen LogP) is 2.98. The molecule has 0 fully saturated rings. The molecule has 0 aliphatic carbocycles. The van der Waals surface area contributed by atoms with Gasteiger partial charge in [-0.25, -0.2) is 0 Å². The fourth-order valence-electron chi connectivity index (χ4n) is 0.947. The Morgan fingerprint density at radius 2 is 2.09 bits per heavy atom. The summed E-state index contributed by atoms with van der Waals surface area (Å²) >= 11 is 0. The van der Waals surface area contributed by atoms with Crippen molar-refractivity contribution in [1.82, 2.24) is 0 Å². The van der Waals surface area contributed by atoms with E-state index >= 15 is 0 Å². The summed E-state index contributed by atoms with van der Waals surface area (Å²) in [5.74, 6) is 0. The minimum absolute atomic E-state index is 1.05. The average molecular weight is 148 g/mol. The first-order valence-electron chi connectivity index (χ1n) is 3.98. The van der Waals surface area contributed by atoms with Gasteiger partial charge < -0.3 is 5.32 Å². The number of nitrogens with one attached hydrogen (secondary N) is 1. The fourth-order valence-corrected chi connectivity index (χ4v) is 0.947. The van der Waals surface area contributed by atoms with E-state index in [2.05, 4.69) is 37.8 Å². The molecule has 0 bridgehead atoms. The zero-order chi connectivity index (χ0) is 8.10. The number of para-hydroxylation sites is 1. The molecule has 1 nitrogen and oxygen atoms in total. The molecule has 0 unspecified atom stereocenters. The van der Waals surface area contributed by atoms with Crippen molar-refractivity contribution in [3.63, 3.8) is 0 Å². The van der Waals surface area contributed by atoms with Crippen LogP contribution < -0.4 is 5.32 Å². The lowest BCUT2D eigenvalue weighted by Crippen LogP contribution is -1.94. The minimum Gasteiger partial charge on any atom is -0.380 e. The maximum Gasteiger partial charge on any atom is 0.0460 e. The third-order valence-corrected chi connectivity index (χ3v) is 1.61. The zero-order valence-electron chi connectivity index (χ0n) is 7.09. The van der Waals surface area contributed by atoms with Crippen LogP contribution in [0, 0.1) is 13.5 Å². The maximum atomic E-state index is 3.24.